The van der Waals surface area contributed by atoms with Crippen LogP contribution in [0.25, 0.3) is 0 Å². The van der Waals surface area contributed by atoms with Gasteiger partial charge in [-0.3, -0.25) is 9.59 Å². The van der Waals surface area contributed by atoms with E-state index in [1.807, 2.05) is 0 Å². The lowest BCUT2D eigenvalue weighted by atomic mass is 10.0. The van der Waals surface area contributed by atoms with E-state index in [2.05, 4.69) is 99.0 Å². The summed E-state index contributed by atoms with van der Waals surface area (Å²) < 4.78 is 5.93. The van der Waals surface area contributed by atoms with Crippen LogP contribution in [0.3, 0.4) is 0 Å². The number of hydrogen-bond donors (Lipinski definition) is 3. The number of nitrogens with one attached hydrogen (secondary N) is 1. The molecule has 0 aliphatic rings. The Balaban J connectivity index is 4.64. The molecule has 0 aromatic rings. The second kappa shape index (κ2) is 55.2. The van der Waals surface area contributed by atoms with E-state index < -0.39 is 18.2 Å². The van der Waals surface area contributed by atoms with Crippen molar-refractivity contribution < 1.29 is 24.5 Å². The molecule has 68 heavy (non-hydrogen) atoms. The maximum atomic E-state index is 13.3. The molecular formula is C62H111NO5. The number of aliphatic hydroxyl groups excluding tert-OH is 2. The molecule has 0 rings (SSSR count). The molecule has 0 bridgehead atoms. The molecular weight excluding hydrogens is 839 g/mol. The molecule has 3 unspecified atom stereocenters. The van der Waals surface area contributed by atoms with Gasteiger partial charge in [0.1, 0.15) is 6.10 Å². The minimum Gasteiger partial charge on any atom is -0.462 e. The number of carbonyl (C=O) groups excluding carboxylic acids is 2. The van der Waals surface area contributed by atoms with E-state index >= 15 is 0 Å². The van der Waals surface area contributed by atoms with Gasteiger partial charge in [-0.1, -0.05) is 248 Å². The Bertz CT molecular complexity index is 1250. The van der Waals surface area contributed by atoms with E-state index in [0.29, 0.717) is 25.7 Å². The SMILES string of the molecule is CCCCC/C=C\C/C=C\C/C=C\C/C=C\CCCC(=O)OC(CCCCCCC/C=C\C/C=C\CCCCC)CC(=O)NC(CO)C(O)CCCCCCCCCCCCCCCCCCC. The van der Waals surface area contributed by atoms with E-state index in [4.69, 9.17) is 4.74 Å². The van der Waals surface area contributed by atoms with Crippen LogP contribution in [0.1, 0.15) is 284 Å². The normalized spacial score (nSPS) is 13.7. The summed E-state index contributed by atoms with van der Waals surface area (Å²) in [6.07, 6.45) is 71.1. The van der Waals surface area contributed by atoms with E-state index in [0.717, 1.165) is 83.5 Å². The highest BCUT2D eigenvalue weighted by Crippen LogP contribution is 2.18. The Morgan fingerprint density at radius 1 is 0.426 bits per heavy atom. The van der Waals surface area contributed by atoms with Crippen molar-refractivity contribution in [3.8, 4) is 0 Å². The standard InChI is InChI=1S/C62H111NO5/c1-4-7-10-13-16-19-22-25-28-30-33-36-39-42-45-48-51-54-60(65)59(57-64)63-61(66)56-58(53-50-47-44-41-38-35-32-27-24-21-18-15-12-9-6-3)68-62(67)55-52-49-46-43-40-37-34-31-29-26-23-20-17-14-11-8-5-2/h17-18,20-21,26-27,29,32,34,37,43,46,58-60,64-65H,4-16,19,22-25,28,30-31,33,35-36,38-42,44-45,47-57H2,1-3H3,(H,63,66)/b20-17-,21-18-,29-26-,32-27-,37-34-,46-43-. The van der Waals surface area contributed by atoms with E-state index in [9.17, 15) is 19.8 Å². The molecule has 0 spiro atoms. The summed E-state index contributed by atoms with van der Waals surface area (Å²) in [5.74, 6) is -0.550. The zero-order chi connectivity index (χ0) is 49.5. The molecule has 0 heterocycles. The molecule has 6 nitrogen and oxygen atoms in total. The third-order valence-corrected chi connectivity index (χ3v) is 13.0. The summed E-state index contributed by atoms with van der Waals surface area (Å²) in [5, 5.41) is 23.9. The van der Waals surface area contributed by atoms with Gasteiger partial charge >= 0.3 is 5.97 Å². The zero-order valence-electron chi connectivity index (χ0n) is 45.0. The molecule has 3 atom stereocenters. The maximum absolute atomic E-state index is 13.3. The average Bonchev–Trinajstić information content (AvgIpc) is 3.33. The number of hydrogen-bond acceptors (Lipinski definition) is 5. The average molecular weight is 951 g/mol. The second-order valence-electron chi connectivity index (χ2n) is 19.7. The highest BCUT2D eigenvalue weighted by atomic mass is 16.5. The fourth-order valence-corrected chi connectivity index (χ4v) is 8.57. The molecule has 0 radical (unpaired) electrons. The van der Waals surface area contributed by atoms with Gasteiger partial charge in [0.25, 0.3) is 0 Å². The van der Waals surface area contributed by atoms with Crippen LogP contribution in [0.2, 0.25) is 0 Å². The summed E-state index contributed by atoms with van der Waals surface area (Å²) in [6.45, 7) is 6.44. The highest BCUT2D eigenvalue weighted by Gasteiger charge is 2.24. The van der Waals surface area contributed by atoms with Crippen LogP contribution in [0.5, 0.6) is 0 Å². The molecule has 0 aliphatic carbocycles. The number of amides is 1. The summed E-state index contributed by atoms with van der Waals surface area (Å²) in [4.78, 5) is 26.3. The quantitative estimate of drug-likeness (QED) is 0.0321. The number of allylic oxidation sites excluding steroid dienone is 12. The second-order valence-corrected chi connectivity index (χ2v) is 19.7. The number of aliphatic hydroxyl groups is 2. The predicted molar refractivity (Wildman–Crippen MR) is 296 cm³/mol. The van der Waals surface area contributed by atoms with E-state index in [1.54, 1.807) is 0 Å². The van der Waals surface area contributed by atoms with Crippen molar-refractivity contribution in [3.05, 3.63) is 72.9 Å². The lowest BCUT2D eigenvalue weighted by molar-refractivity contribution is -0.151. The molecule has 3 N–H and O–H groups in total. The molecule has 0 saturated heterocycles. The number of ether oxygens (including phenoxy) is 1. The number of unbranched alkanes of at least 4 members (excludes halogenated alkanes) is 28. The van der Waals surface area contributed by atoms with Gasteiger partial charge in [-0.25, -0.2) is 0 Å². The van der Waals surface area contributed by atoms with Crippen LogP contribution in [-0.2, 0) is 14.3 Å². The highest BCUT2D eigenvalue weighted by molar-refractivity contribution is 5.77. The zero-order valence-corrected chi connectivity index (χ0v) is 45.0. The first-order valence-corrected chi connectivity index (χ1v) is 29.2. The fraction of sp³-hybridized carbons (Fsp3) is 0.774. The van der Waals surface area contributed by atoms with Crippen molar-refractivity contribution in [3.63, 3.8) is 0 Å². The van der Waals surface area contributed by atoms with Crippen LogP contribution >= 0.6 is 0 Å². The van der Waals surface area contributed by atoms with Gasteiger partial charge in [0.15, 0.2) is 0 Å². The Hall–Kier alpha value is -2.70. The van der Waals surface area contributed by atoms with Crippen molar-refractivity contribution in [1.82, 2.24) is 5.32 Å². The van der Waals surface area contributed by atoms with Gasteiger partial charge in [0, 0.05) is 6.42 Å². The summed E-state index contributed by atoms with van der Waals surface area (Å²) in [7, 11) is 0. The Morgan fingerprint density at radius 3 is 1.16 bits per heavy atom. The summed E-state index contributed by atoms with van der Waals surface area (Å²) >= 11 is 0. The maximum Gasteiger partial charge on any atom is 0.306 e. The van der Waals surface area contributed by atoms with E-state index in [1.165, 1.54) is 148 Å². The lowest BCUT2D eigenvalue weighted by Gasteiger charge is -2.24. The lowest BCUT2D eigenvalue weighted by Crippen LogP contribution is -2.46. The third kappa shape index (κ3) is 49.7. The number of esters is 1. The molecule has 394 valence electrons. The van der Waals surface area contributed by atoms with Gasteiger partial charge in [0.2, 0.25) is 5.91 Å². The topological polar surface area (TPSA) is 95.9 Å². The molecule has 0 aliphatic heterocycles. The fourth-order valence-electron chi connectivity index (χ4n) is 8.57. The predicted octanol–water partition coefficient (Wildman–Crippen LogP) is 18.1. The van der Waals surface area contributed by atoms with Gasteiger partial charge < -0.3 is 20.3 Å². The van der Waals surface area contributed by atoms with Crippen LogP contribution in [0.4, 0.5) is 0 Å². The number of carbonyl (C=O) groups is 2. The Labute approximate surface area is 421 Å². The van der Waals surface area contributed by atoms with E-state index in [-0.39, 0.29) is 24.9 Å². The molecule has 6 heteroatoms. The molecule has 0 aromatic heterocycles. The molecule has 0 aromatic carbocycles. The number of rotatable bonds is 52. The smallest absolute Gasteiger partial charge is 0.306 e. The minimum atomic E-state index is -0.805. The van der Waals surface area contributed by atoms with Crippen LogP contribution in [0, 0.1) is 0 Å². The van der Waals surface area contributed by atoms with Crippen molar-refractivity contribution in [2.45, 2.75) is 302 Å². The monoisotopic (exact) mass is 950 g/mol. The largest absolute Gasteiger partial charge is 0.462 e. The Kier molecular flexibility index (Phi) is 53.0. The first-order chi connectivity index (χ1) is 33.5. The van der Waals surface area contributed by atoms with Crippen LogP contribution in [0.15, 0.2) is 72.9 Å². The first-order valence-electron chi connectivity index (χ1n) is 29.2. The van der Waals surface area contributed by atoms with Crippen molar-refractivity contribution >= 4 is 11.9 Å². The van der Waals surface area contributed by atoms with Crippen molar-refractivity contribution in [2.24, 2.45) is 0 Å². The van der Waals surface area contributed by atoms with Crippen molar-refractivity contribution in [1.29, 1.82) is 0 Å². The Morgan fingerprint density at radius 2 is 0.750 bits per heavy atom. The molecule has 0 fully saturated rings. The van der Waals surface area contributed by atoms with Gasteiger partial charge in [-0.05, 0) is 96.3 Å². The van der Waals surface area contributed by atoms with Crippen molar-refractivity contribution in [2.75, 3.05) is 6.61 Å². The summed E-state index contributed by atoms with van der Waals surface area (Å²) in [6, 6.07) is -0.721. The third-order valence-electron chi connectivity index (χ3n) is 13.0. The molecule has 0 saturated carbocycles. The van der Waals surface area contributed by atoms with Gasteiger partial charge in [-0.2, -0.15) is 0 Å². The van der Waals surface area contributed by atoms with Gasteiger partial charge in [0.05, 0.1) is 25.2 Å². The first kappa shape index (κ1) is 65.3. The minimum absolute atomic E-state index is 0.0447. The molecule has 1 amide bonds. The summed E-state index contributed by atoms with van der Waals surface area (Å²) in [5.41, 5.74) is 0. The van der Waals surface area contributed by atoms with Crippen LogP contribution in [-0.4, -0.2) is 46.9 Å². The van der Waals surface area contributed by atoms with Crippen LogP contribution < -0.4 is 5.32 Å². The van der Waals surface area contributed by atoms with Gasteiger partial charge in [-0.15, -0.1) is 0 Å².